The van der Waals surface area contributed by atoms with E-state index in [4.69, 9.17) is 0 Å². The first-order valence-electron chi connectivity index (χ1n) is 5.08. The highest BCUT2D eigenvalue weighted by atomic mass is 32.2. The Bertz CT molecular complexity index is 206. The van der Waals surface area contributed by atoms with Crippen LogP contribution in [-0.4, -0.2) is 40.1 Å². The Kier molecular flexibility index (Phi) is 4.64. The van der Waals surface area contributed by atoms with Crippen molar-refractivity contribution in [2.24, 2.45) is 0 Å². The van der Waals surface area contributed by atoms with Crippen LogP contribution in [0, 0.1) is 0 Å². The molecule has 0 N–H and O–H groups in total. The van der Waals surface area contributed by atoms with Crippen LogP contribution in [0.3, 0.4) is 0 Å². The maximum atomic E-state index is 11.6. The van der Waals surface area contributed by atoms with Crippen molar-refractivity contribution in [3.8, 4) is 0 Å². The van der Waals surface area contributed by atoms with Crippen molar-refractivity contribution in [2.45, 2.75) is 31.4 Å². The van der Waals surface area contributed by atoms with Crippen molar-refractivity contribution in [1.29, 1.82) is 0 Å². The predicted molar refractivity (Wildman–Crippen MR) is 66.2 cm³/mol. The van der Waals surface area contributed by atoms with E-state index in [0.29, 0.717) is 16.9 Å². The molecular weight excluding hydrogens is 214 g/mol. The summed E-state index contributed by atoms with van der Waals surface area (Å²) in [6.45, 7) is 6.32. The van der Waals surface area contributed by atoms with Crippen molar-refractivity contribution in [2.75, 3.05) is 24.6 Å². The molecule has 1 amide bonds. The highest BCUT2D eigenvalue weighted by Gasteiger charge is 2.25. The van der Waals surface area contributed by atoms with Crippen molar-refractivity contribution in [3.63, 3.8) is 0 Å². The van der Waals surface area contributed by atoms with Crippen molar-refractivity contribution < 1.29 is 4.79 Å². The molecule has 2 nitrogen and oxygen atoms in total. The maximum Gasteiger partial charge on any atom is 0.223 e. The topological polar surface area (TPSA) is 20.3 Å². The third kappa shape index (κ3) is 3.73. The van der Waals surface area contributed by atoms with Crippen LogP contribution in [0.15, 0.2) is 0 Å². The average Bonchev–Trinajstić information content (AvgIpc) is 2.27. The first-order valence-corrected chi connectivity index (χ1v) is 6.69. The van der Waals surface area contributed by atoms with Gasteiger partial charge in [-0.1, -0.05) is 13.8 Å². The Morgan fingerprint density at radius 1 is 1.50 bits per heavy atom. The second-order valence-electron chi connectivity index (χ2n) is 4.21. The quantitative estimate of drug-likeness (QED) is 0.737. The molecule has 82 valence electrons. The van der Waals surface area contributed by atoms with Gasteiger partial charge in [0, 0.05) is 30.0 Å². The van der Waals surface area contributed by atoms with E-state index >= 15 is 0 Å². The summed E-state index contributed by atoms with van der Waals surface area (Å²) in [6, 6.07) is 0. The van der Waals surface area contributed by atoms with E-state index in [1.165, 1.54) is 0 Å². The molecule has 1 rings (SSSR count). The fourth-order valence-corrected chi connectivity index (χ4v) is 2.81. The lowest BCUT2D eigenvalue weighted by Crippen LogP contribution is -2.33. The summed E-state index contributed by atoms with van der Waals surface area (Å²) in [4.78, 5) is 13.6. The van der Waals surface area contributed by atoms with E-state index in [2.05, 4.69) is 26.5 Å². The van der Waals surface area contributed by atoms with E-state index in [9.17, 15) is 4.79 Å². The van der Waals surface area contributed by atoms with Gasteiger partial charge in [-0.05, 0) is 12.2 Å². The summed E-state index contributed by atoms with van der Waals surface area (Å²) in [6.07, 6.45) is 1.67. The Morgan fingerprint density at radius 3 is 2.86 bits per heavy atom. The molecule has 1 saturated heterocycles. The second-order valence-corrected chi connectivity index (χ2v) is 6.46. The number of thiol groups is 1. The summed E-state index contributed by atoms with van der Waals surface area (Å²) in [5.41, 5.74) is 0. The Morgan fingerprint density at radius 2 is 2.21 bits per heavy atom. The smallest absolute Gasteiger partial charge is 0.223 e. The summed E-state index contributed by atoms with van der Waals surface area (Å²) < 4.78 is 0.329. The van der Waals surface area contributed by atoms with Gasteiger partial charge < -0.3 is 4.90 Å². The van der Waals surface area contributed by atoms with Gasteiger partial charge >= 0.3 is 0 Å². The fourth-order valence-electron chi connectivity index (χ4n) is 1.52. The standard InChI is InChI=1S/C10H19NOS2/c1-10(2)4-5-11(6-8-14-10)9(12)3-7-13/h13H,3-8H2,1-2H3. The molecule has 0 aromatic carbocycles. The molecule has 0 aromatic rings. The molecule has 0 aliphatic carbocycles. The van der Waals surface area contributed by atoms with Crippen LogP contribution in [0.4, 0.5) is 0 Å². The van der Waals surface area contributed by atoms with Gasteiger partial charge in [-0.2, -0.15) is 24.4 Å². The third-order valence-corrected chi connectivity index (χ3v) is 4.11. The van der Waals surface area contributed by atoms with E-state index in [0.717, 1.165) is 25.3 Å². The first-order chi connectivity index (χ1) is 6.55. The number of carbonyl (C=O) groups is 1. The summed E-state index contributed by atoms with van der Waals surface area (Å²) >= 11 is 6.06. The van der Waals surface area contributed by atoms with Gasteiger partial charge in [0.05, 0.1) is 0 Å². The number of hydrogen-bond acceptors (Lipinski definition) is 3. The monoisotopic (exact) mass is 233 g/mol. The molecule has 4 heteroatoms. The lowest BCUT2D eigenvalue weighted by atomic mass is 10.1. The second kappa shape index (κ2) is 5.31. The zero-order valence-corrected chi connectivity index (χ0v) is 10.7. The summed E-state index contributed by atoms with van der Waals surface area (Å²) in [5.74, 6) is 1.98. The minimum Gasteiger partial charge on any atom is -0.342 e. The number of nitrogens with zero attached hydrogens (tertiary/aromatic N) is 1. The molecule has 0 saturated carbocycles. The number of rotatable bonds is 2. The average molecular weight is 233 g/mol. The van der Waals surface area contributed by atoms with E-state index < -0.39 is 0 Å². The lowest BCUT2D eigenvalue weighted by molar-refractivity contribution is -0.130. The van der Waals surface area contributed by atoms with Gasteiger partial charge in [-0.15, -0.1) is 0 Å². The Hall–Kier alpha value is 0.170. The molecule has 14 heavy (non-hydrogen) atoms. The van der Waals surface area contributed by atoms with Gasteiger partial charge in [0.1, 0.15) is 0 Å². The largest absolute Gasteiger partial charge is 0.342 e. The van der Waals surface area contributed by atoms with E-state index in [-0.39, 0.29) is 5.91 Å². The van der Waals surface area contributed by atoms with Gasteiger partial charge in [-0.3, -0.25) is 4.79 Å². The van der Waals surface area contributed by atoms with Crippen molar-refractivity contribution in [1.82, 2.24) is 4.90 Å². The first kappa shape index (κ1) is 12.2. The van der Waals surface area contributed by atoms with Gasteiger partial charge in [0.2, 0.25) is 5.91 Å². The number of hydrogen-bond donors (Lipinski definition) is 1. The van der Waals surface area contributed by atoms with Crippen LogP contribution < -0.4 is 0 Å². The van der Waals surface area contributed by atoms with Crippen LogP contribution in [0.2, 0.25) is 0 Å². The molecular formula is C10H19NOS2. The van der Waals surface area contributed by atoms with Gasteiger partial charge in [0.25, 0.3) is 0 Å². The Balaban J connectivity index is 2.45. The van der Waals surface area contributed by atoms with Crippen LogP contribution >= 0.6 is 24.4 Å². The zero-order chi connectivity index (χ0) is 10.6. The number of amides is 1. The van der Waals surface area contributed by atoms with E-state index in [1.807, 2.05) is 16.7 Å². The third-order valence-electron chi connectivity index (χ3n) is 2.52. The number of carbonyl (C=O) groups excluding carboxylic acids is 1. The summed E-state index contributed by atoms with van der Waals surface area (Å²) in [7, 11) is 0. The highest BCUT2D eigenvalue weighted by Crippen LogP contribution is 2.30. The van der Waals surface area contributed by atoms with Crippen molar-refractivity contribution >= 4 is 30.3 Å². The van der Waals surface area contributed by atoms with Gasteiger partial charge in [0.15, 0.2) is 0 Å². The molecule has 0 aromatic heterocycles. The lowest BCUT2D eigenvalue weighted by Gasteiger charge is -2.22. The Labute approximate surface area is 96.2 Å². The highest BCUT2D eigenvalue weighted by molar-refractivity contribution is 8.00. The molecule has 0 bridgehead atoms. The molecule has 0 unspecified atom stereocenters. The maximum absolute atomic E-state index is 11.6. The minimum absolute atomic E-state index is 0.262. The van der Waals surface area contributed by atoms with Gasteiger partial charge in [-0.25, -0.2) is 0 Å². The normalized spacial score (nSPS) is 21.8. The number of thioether (sulfide) groups is 1. The fraction of sp³-hybridized carbons (Fsp3) is 0.900. The van der Waals surface area contributed by atoms with E-state index in [1.54, 1.807) is 0 Å². The van der Waals surface area contributed by atoms with Crippen LogP contribution in [0.5, 0.6) is 0 Å². The van der Waals surface area contributed by atoms with Crippen LogP contribution in [0.25, 0.3) is 0 Å². The molecule has 1 heterocycles. The molecule has 1 aliphatic heterocycles. The van der Waals surface area contributed by atoms with Crippen LogP contribution in [-0.2, 0) is 4.79 Å². The van der Waals surface area contributed by atoms with Crippen molar-refractivity contribution in [3.05, 3.63) is 0 Å². The molecule has 0 radical (unpaired) electrons. The molecule has 1 fully saturated rings. The predicted octanol–water partition coefficient (Wildman–Crippen LogP) is 2.05. The van der Waals surface area contributed by atoms with Crippen LogP contribution in [0.1, 0.15) is 26.7 Å². The molecule has 1 aliphatic rings. The minimum atomic E-state index is 0.262. The zero-order valence-electron chi connectivity index (χ0n) is 8.95. The molecule has 0 atom stereocenters. The molecule has 0 spiro atoms. The SMILES string of the molecule is CC1(C)CCN(C(=O)CCS)CCS1. The summed E-state index contributed by atoms with van der Waals surface area (Å²) in [5, 5.41) is 0.